The highest BCUT2D eigenvalue weighted by Crippen LogP contribution is 2.35. The zero-order valence-electron chi connectivity index (χ0n) is 11.5. The van der Waals surface area contributed by atoms with Crippen LogP contribution in [-0.4, -0.2) is 22.5 Å². The number of hydrogen-bond donors (Lipinski definition) is 2. The van der Waals surface area contributed by atoms with E-state index in [-0.39, 0.29) is 5.91 Å². The van der Waals surface area contributed by atoms with Crippen LogP contribution in [-0.2, 0) is 6.54 Å². The standard InChI is InChI=1S/C15H18N4O/c1-16-15(20)11-2-4-12(5-3-11)18-9-14-8-17-10-19(14)13-6-7-13/h2-5,8,10,13,18H,6-7,9H2,1H3,(H,16,20). The van der Waals surface area contributed by atoms with Gasteiger partial charge in [0.05, 0.1) is 18.6 Å². The summed E-state index contributed by atoms with van der Waals surface area (Å²) in [6.07, 6.45) is 6.32. The number of imidazole rings is 1. The minimum absolute atomic E-state index is 0.0663. The Morgan fingerprint density at radius 2 is 2.10 bits per heavy atom. The van der Waals surface area contributed by atoms with Crippen LogP contribution in [0.25, 0.3) is 0 Å². The fourth-order valence-corrected chi connectivity index (χ4v) is 2.23. The van der Waals surface area contributed by atoms with Gasteiger partial charge in [-0.05, 0) is 37.1 Å². The van der Waals surface area contributed by atoms with E-state index in [0.29, 0.717) is 11.6 Å². The quantitative estimate of drug-likeness (QED) is 0.875. The molecule has 2 N–H and O–H groups in total. The van der Waals surface area contributed by atoms with Crippen LogP contribution in [0.5, 0.6) is 0 Å². The van der Waals surface area contributed by atoms with Gasteiger partial charge < -0.3 is 15.2 Å². The summed E-state index contributed by atoms with van der Waals surface area (Å²) in [5.41, 5.74) is 2.87. The monoisotopic (exact) mass is 270 g/mol. The molecule has 1 heterocycles. The number of nitrogens with one attached hydrogen (secondary N) is 2. The number of carbonyl (C=O) groups excluding carboxylic acids is 1. The SMILES string of the molecule is CNC(=O)c1ccc(NCc2cncn2C2CC2)cc1. The van der Waals surface area contributed by atoms with E-state index in [9.17, 15) is 4.79 Å². The van der Waals surface area contributed by atoms with Crippen molar-refractivity contribution in [3.8, 4) is 0 Å². The topological polar surface area (TPSA) is 59.0 Å². The average Bonchev–Trinajstić information content (AvgIpc) is 3.23. The largest absolute Gasteiger partial charge is 0.379 e. The molecule has 0 atom stereocenters. The molecule has 104 valence electrons. The van der Waals surface area contributed by atoms with E-state index >= 15 is 0 Å². The number of hydrogen-bond acceptors (Lipinski definition) is 3. The first-order chi connectivity index (χ1) is 9.78. The normalized spacial score (nSPS) is 14.1. The first-order valence-corrected chi connectivity index (χ1v) is 6.84. The molecule has 0 aliphatic heterocycles. The molecule has 1 aliphatic rings. The van der Waals surface area contributed by atoms with Crippen molar-refractivity contribution in [1.29, 1.82) is 0 Å². The van der Waals surface area contributed by atoms with Crippen LogP contribution in [0, 0.1) is 0 Å². The zero-order chi connectivity index (χ0) is 13.9. The highest BCUT2D eigenvalue weighted by molar-refractivity contribution is 5.94. The van der Waals surface area contributed by atoms with E-state index in [1.54, 1.807) is 7.05 Å². The van der Waals surface area contributed by atoms with Gasteiger partial charge in [0.2, 0.25) is 0 Å². The van der Waals surface area contributed by atoms with Crippen molar-refractivity contribution < 1.29 is 4.79 Å². The molecule has 2 aromatic rings. The van der Waals surface area contributed by atoms with Crippen LogP contribution < -0.4 is 10.6 Å². The first kappa shape index (κ1) is 12.7. The summed E-state index contributed by atoms with van der Waals surface area (Å²) in [7, 11) is 1.63. The van der Waals surface area contributed by atoms with Crippen molar-refractivity contribution in [3.05, 3.63) is 48.0 Å². The lowest BCUT2D eigenvalue weighted by atomic mass is 10.2. The Labute approximate surface area is 118 Å². The molecule has 0 saturated heterocycles. The molecule has 0 spiro atoms. The Hall–Kier alpha value is -2.30. The minimum Gasteiger partial charge on any atom is -0.379 e. The molecule has 5 nitrogen and oxygen atoms in total. The van der Waals surface area contributed by atoms with E-state index in [1.807, 2.05) is 36.8 Å². The van der Waals surface area contributed by atoms with E-state index in [4.69, 9.17) is 0 Å². The maximum Gasteiger partial charge on any atom is 0.251 e. The molecule has 1 aromatic carbocycles. The summed E-state index contributed by atoms with van der Waals surface area (Å²) < 4.78 is 2.24. The van der Waals surface area contributed by atoms with Crippen LogP contribution in [0.4, 0.5) is 5.69 Å². The van der Waals surface area contributed by atoms with Crippen LogP contribution in [0.3, 0.4) is 0 Å². The maximum absolute atomic E-state index is 11.5. The summed E-state index contributed by atoms with van der Waals surface area (Å²) >= 11 is 0. The van der Waals surface area contributed by atoms with Crippen LogP contribution in [0.2, 0.25) is 0 Å². The lowest BCUT2D eigenvalue weighted by molar-refractivity contribution is 0.0963. The molecule has 1 amide bonds. The number of benzene rings is 1. The third-order valence-electron chi connectivity index (χ3n) is 3.53. The Bertz CT molecular complexity index is 599. The Balaban J connectivity index is 1.63. The van der Waals surface area contributed by atoms with Gasteiger partial charge in [-0.2, -0.15) is 0 Å². The van der Waals surface area contributed by atoms with Crippen molar-refractivity contribution in [1.82, 2.24) is 14.9 Å². The fourth-order valence-electron chi connectivity index (χ4n) is 2.23. The predicted octanol–water partition coefficient (Wildman–Crippen LogP) is 2.19. The van der Waals surface area contributed by atoms with Gasteiger partial charge in [0.1, 0.15) is 0 Å². The van der Waals surface area contributed by atoms with Gasteiger partial charge in [-0.3, -0.25) is 4.79 Å². The van der Waals surface area contributed by atoms with Gasteiger partial charge in [-0.25, -0.2) is 4.98 Å². The van der Waals surface area contributed by atoms with Crippen LogP contribution in [0.15, 0.2) is 36.8 Å². The second-order valence-corrected chi connectivity index (χ2v) is 5.03. The van der Waals surface area contributed by atoms with E-state index in [2.05, 4.69) is 20.2 Å². The smallest absolute Gasteiger partial charge is 0.251 e. The predicted molar refractivity (Wildman–Crippen MR) is 77.7 cm³/mol. The molecule has 0 bridgehead atoms. The van der Waals surface area contributed by atoms with E-state index in [0.717, 1.165) is 12.2 Å². The lowest BCUT2D eigenvalue weighted by Gasteiger charge is -2.09. The van der Waals surface area contributed by atoms with E-state index in [1.165, 1.54) is 18.5 Å². The van der Waals surface area contributed by atoms with Crippen molar-refractivity contribution in [2.24, 2.45) is 0 Å². The van der Waals surface area contributed by atoms with E-state index < -0.39 is 0 Å². The third kappa shape index (κ3) is 2.66. The van der Waals surface area contributed by atoms with Gasteiger partial charge in [-0.1, -0.05) is 0 Å². The van der Waals surface area contributed by atoms with Crippen molar-refractivity contribution >= 4 is 11.6 Å². The Morgan fingerprint density at radius 3 is 2.75 bits per heavy atom. The van der Waals surface area contributed by atoms with Crippen LogP contribution in [0.1, 0.15) is 34.9 Å². The van der Waals surface area contributed by atoms with Crippen molar-refractivity contribution in [2.45, 2.75) is 25.4 Å². The molecule has 1 fully saturated rings. The maximum atomic E-state index is 11.5. The van der Waals surface area contributed by atoms with Gasteiger partial charge in [0.25, 0.3) is 5.91 Å². The second-order valence-electron chi connectivity index (χ2n) is 5.03. The number of anilines is 1. The first-order valence-electron chi connectivity index (χ1n) is 6.84. The average molecular weight is 270 g/mol. The summed E-state index contributed by atoms with van der Waals surface area (Å²) in [5.74, 6) is -0.0663. The molecule has 5 heteroatoms. The molecule has 1 aromatic heterocycles. The van der Waals surface area contributed by atoms with Gasteiger partial charge in [-0.15, -0.1) is 0 Å². The third-order valence-corrected chi connectivity index (χ3v) is 3.53. The fraction of sp³-hybridized carbons (Fsp3) is 0.333. The molecular weight excluding hydrogens is 252 g/mol. The molecule has 0 radical (unpaired) electrons. The summed E-state index contributed by atoms with van der Waals surface area (Å²) in [4.78, 5) is 15.7. The molecule has 1 aliphatic carbocycles. The van der Waals surface area contributed by atoms with Crippen molar-refractivity contribution in [2.75, 3.05) is 12.4 Å². The number of amides is 1. The highest BCUT2D eigenvalue weighted by atomic mass is 16.1. The molecule has 0 unspecified atom stereocenters. The van der Waals surface area contributed by atoms with Gasteiger partial charge >= 0.3 is 0 Å². The molecule has 20 heavy (non-hydrogen) atoms. The minimum atomic E-state index is -0.0663. The number of nitrogens with zero attached hydrogens (tertiary/aromatic N) is 2. The molecule has 3 rings (SSSR count). The Kier molecular flexibility index (Phi) is 3.41. The summed E-state index contributed by atoms with van der Waals surface area (Å²) in [5, 5.41) is 5.97. The number of rotatable bonds is 5. The zero-order valence-corrected chi connectivity index (χ0v) is 11.5. The molecular formula is C15H18N4O. The lowest BCUT2D eigenvalue weighted by Crippen LogP contribution is -2.17. The summed E-state index contributed by atoms with van der Waals surface area (Å²) in [6.45, 7) is 0.746. The molecule has 1 saturated carbocycles. The highest BCUT2D eigenvalue weighted by Gasteiger charge is 2.24. The summed E-state index contributed by atoms with van der Waals surface area (Å²) in [6, 6.07) is 8.12. The number of carbonyl (C=O) groups is 1. The van der Waals surface area contributed by atoms with Crippen molar-refractivity contribution in [3.63, 3.8) is 0 Å². The van der Waals surface area contributed by atoms with Gasteiger partial charge in [0.15, 0.2) is 0 Å². The Morgan fingerprint density at radius 1 is 1.35 bits per heavy atom. The van der Waals surface area contributed by atoms with Gasteiger partial charge in [0, 0.05) is 30.5 Å². The number of aromatic nitrogens is 2. The second kappa shape index (κ2) is 5.36. The van der Waals surface area contributed by atoms with Crippen LogP contribution >= 0.6 is 0 Å².